The number of hydrogen-bond acceptors (Lipinski definition) is 5. The van der Waals surface area contributed by atoms with Crippen LogP contribution in [-0.4, -0.2) is 39.4 Å². The minimum atomic E-state index is -4.10. The number of carbonyl (C=O) groups is 1. The van der Waals surface area contributed by atoms with Crippen LogP contribution in [0.4, 0.5) is 0 Å². The molecule has 0 fully saturated rings. The Morgan fingerprint density at radius 3 is 2.18 bits per heavy atom. The highest BCUT2D eigenvalue weighted by molar-refractivity contribution is 7.89. The van der Waals surface area contributed by atoms with Crippen molar-refractivity contribution in [3.8, 4) is 11.5 Å². The molecule has 0 bridgehead atoms. The molecule has 8 heteroatoms. The first-order chi connectivity index (χ1) is 15.8. The van der Waals surface area contributed by atoms with Crippen LogP contribution in [0.25, 0.3) is 0 Å². The van der Waals surface area contributed by atoms with E-state index < -0.39 is 15.9 Å². The summed E-state index contributed by atoms with van der Waals surface area (Å²) in [5.41, 5.74) is 1.68. The van der Waals surface area contributed by atoms with Gasteiger partial charge in [-0.2, -0.15) is 4.31 Å². The molecule has 7 nitrogen and oxygen atoms in total. The molecule has 0 saturated heterocycles. The summed E-state index contributed by atoms with van der Waals surface area (Å²) in [5.74, 6) is 0.135. The molecule has 0 aliphatic rings. The summed E-state index contributed by atoms with van der Waals surface area (Å²) in [4.78, 5) is 12.8. The third-order valence-corrected chi connectivity index (χ3v) is 7.00. The predicted octanol–water partition coefficient (Wildman–Crippen LogP) is 3.77. The van der Waals surface area contributed by atoms with Crippen molar-refractivity contribution in [3.05, 3.63) is 90.0 Å². The number of nitrogens with one attached hydrogen (secondary N) is 1. The standard InChI is InChI=1S/C25H28N2O5S/c1-19(21-12-8-5-9-13-21)26-25(28)18-27(17-20-10-6-4-7-11-20)33(29,30)24-16-22(31-2)14-15-23(24)32-3/h4-16,19H,17-18H2,1-3H3,(H,26,28). The highest BCUT2D eigenvalue weighted by Crippen LogP contribution is 2.31. The molecule has 33 heavy (non-hydrogen) atoms. The number of benzene rings is 3. The summed E-state index contributed by atoms with van der Waals surface area (Å²) in [6.07, 6.45) is 0. The first-order valence-corrected chi connectivity index (χ1v) is 11.9. The molecule has 0 aromatic heterocycles. The number of sulfonamides is 1. The van der Waals surface area contributed by atoms with Crippen LogP contribution < -0.4 is 14.8 Å². The first-order valence-electron chi connectivity index (χ1n) is 10.5. The predicted molar refractivity (Wildman–Crippen MR) is 127 cm³/mol. The minimum Gasteiger partial charge on any atom is -0.497 e. The van der Waals surface area contributed by atoms with Crippen molar-refractivity contribution in [2.24, 2.45) is 0 Å². The van der Waals surface area contributed by atoms with Crippen molar-refractivity contribution in [3.63, 3.8) is 0 Å². The molecule has 174 valence electrons. The number of methoxy groups -OCH3 is 2. The monoisotopic (exact) mass is 468 g/mol. The normalized spacial score (nSPS) is 12.2. The number of rotatable bonds is 10. The van der Waals surface area contributed by atoms with E-state index in [0.717, 1.165) is 15.4 Å². The van der Waals surface area contributed by atoms with E-state index in [0.29, 0.717) is 5.75 Å². The Balaban J connectivity index is 1.92. The van der Waals surface area contributed by atoms with Crippen molar-refractivity contribution in [2.45, 2.75) is 24.4 Å². The van der Waals surface area contributed by atoms with Gasteiger partial charge in [-0.1, -0.05) is 60.7 Å². The summed E-state index contributed by atoms with van der Waals surface area (Å²) in [5, 5.41) is 2.89. The van der Waals surface area contributed by atoms with Crippen LogP contribution in [0.3, 0.4) is 0 Å². The summed E-state index contributed by atoms with van der Waals surface area (Å²) < 4.78 is 39.0. The zero-order chi connectivity index (χ0) is 23.8. The maximum absolute atomic E-state index is 13.7. The fourth-order valence-corrected chi connectivity index (χ4v) is 4.97. The van der Waals surface area contributed by atoms with Crippen molar-refractivity contribution < 1.29 is 22.7 Å². The molecule has 1 amide bonds. The van der Waals surface area contributed by atoms with Crippen molar-refractivity contribution in [2.75, 3.05) is 20.8 Å². The van der Waals surface area contributed by atoms with Crippen LogP contribution in [-0.2, 0) is 21.4 Å². The SMILES string of the molecule is COc1ccc(OC)c(S(=O)(=O)N(CC(=O)NC(C)c2ccccc2)Cc2ccccc2)c1. The Kier molecular flexibility index (Phi) is 8.08. The molecular formula is C25H28N2O5S. The Hall–Kier alpha value is -3.36. The summed E-state index contributed by atoms with van der Waals surface area (Å²) in [7, 11) is -1.25. The number of ether oxygens (including phenoxy) is 2. The molecule has 0 spiro atoms. The molecule has 0 radical (unpaired) electrons. The molecule has 1 N–H and O–H groups in total. The van der Waals surface area contributed by atoms with Crippen molar-refractivity contribution in [1.29, 1.82) is 0 Å². The molecule has 0 aliphatic heterocycles. The van der Waals surface area contributed by atoms with E-state index >= 15 is 0 Å². The average molecular weight is 469 g/mol. The largest absolute Gasteiger partial charge is 0.497 e. The molecule has 0 aliphatic carbocycles. The lowest BCUT2D eigenvalue weighted by atomic mass is 10.1. The highest BCUT2D eigenvalue weighted by atomic mass is 32.2. The third kappa shape index (κ3) is 6.12. The average Bonchev–Trinajstić information content (AvgIpc) is 2.84. The van der Waals surface area contributed by atoms with Gasteiger partial charge < -0.3 is 14.8 Å². The van der Waals surface area contributed by atoms with E-state index in [-0.39, 0.29) is 29.8 Å². The Morgan fingerprint density at radius 1 is 0.939 bits per heavy atom. The zero-order valence-electron chi connectivity index (χ0n) is 18.9. The van der Waals surface area contributed by atoms with E-state index in [9.17, 15) is 13.2 Å². The second-order valence-corrected chi connectivity index (χ2v) is 9.38. The third-order valence-electron chi connectivity index (χ3n) is 5.19. The maximum atomic E-state index is 13.7. The highest BCUT2D eigenvalue weighted by Gasteiger charge is 2.30. The van der Waals surface area contributed by atoms with Crippen LogP contribution in [0.5, 0.6) is 11.5 Å². The summed E-state index contributed by atoms with van der Waals surface area (Å²) >= 11 is 0. The fraction of sp³-hybridized carbons (Fsp3) is 0.240. The first kappa shape index (κ1) is 24.3. The lowest BCUT2D eigenvalue weighted by molar-refractivity contribution is -0.122. The van der Waals surface area contributed by atoms with E-state index in [4.69, 9.17) is 9.47 Å². The van der Waals surface area contributed by atoms with Crippen LogP contribution >= 0.6 is 0 Å². The Labute approximate surface area is 195 Å². The van der Waals surface area contributed by atoms with E-state index in [1.165, 1.54) is 26.4 Å². The molecule has 3 rings (SSSR count). The minimum absolute atomic E-state index is 0.0245. The molecule has 0 saturated carbocycles. The van der Waals surface area contributed by atoms with Gasteiger partial charge in [0.05, 0.1) is 26.8 Å². The smallest absolute Gasteiger partial charge is 0.247 e. The van der Waals surface area contributed by atoms with E-state index in [1.54, 1.807) is 6.07 Å². The second kappa shape index (κ2) is 11.0. The summed E-state index contributed by atoms with van der Waals surface area (Å²) in [6.45, 7) is 1.53. The quantitative estimate of drug-likeness (QED) is 0.490. The van der Waals surface area contributed by atoms with Crippen molar-refractivity contribution in [1.82, 2.24) is 9.62 Å². The van der Waals surface area contributed by atoms with Crippen molar-refractivity contribution >= 4 is 15.9 Å². The van der Waals surface area contributed by atoms with Gasteiger partial charge in [0.15, 0.2) is 0 Å². The van der Waals surface area contributed by atoms with Gasteiger partial charge >= 0.3 is 0 Å². The van der Waals surface area contributed by atoms with Gasteiger partial charge in [0.2, 0.25) is 15.9 Å². The molecule has 0 heterocycles. The molecular weight excluding hydrogens is 440 g/mol. The maximum Gasteiger partial charge on any atom is 0.247 e. The molecule has 1 atom stereocenters. The Bertz CT molecular complexity index is 1170. The van der Waals surface area contributed by atoms with Gasteiger partial charge in [0, 0.05) is 12.6 Å². The molecule has 3 aromatic rings. The van der Waals surface area contributed by atoms with Crippen LogP contribution in [0.15, 0.2) is 83.8 Å². The number of carbonyl (C=O) groups excluding carboxylic acids is 1. The van der Waals surface area contributed by atoms with Crippen LogP contribution in [0.1, 0.15) is 24.1 Å². The second-order valence-electron chi connectivity index (χ2n) is 7.48. The fourth-order valence-electron chi connectivity index (χ4n) is 3.41. The lowest BCUT2D eigenvalue weighted by Gasteiger charge is -2.24. The van der Waals surface area contributed by atoms with Crippen LogP contribution in [0, 0.1) is 0 Å². The van der Waals surface area contributed by atoms with E-state index in [2.05, 4.69) is 5.32 Å². The Morgan fingerprint density at radius 2 is 1.58 bits per heavy atom. The molecule has 1 unspecified atom stereocenters. The topological polar surface area (TPSA) is 84.9 Å². The van der Waals surface area contributed by atoms with Gasteiger partial charge in [-0.3, -0.25) is 4.79 Å². The number of nitrogens with zero attached hydrogens (tertiary/aromatic N) is 1. The van der Waals surface area contributed by atoms with Crippen LogP contribution in [0.2, 0.25) is 0 Å². The lowest BCUT2D eigenvalue weighted by Crippen LogP contribution is -2.41. The van der Waals surface area contributed by atoms with Gasteiger partial charge in [-0.15, -0.1) is 0 Å². The molecule has 3 aromatic carbocycles. The zero-order valence-corrected chi connectivity index (χ0v) is 19.7. The van der Waals surface area contributed by atoms with Gasteiger partial charge in [0.1, 0.15) is 16.4 Å². The summed E-state index contributed by atoms with van der Waals surface area (Å²) in [6, 6.07) is 22.9. The van der Waals surface area contributed by atoms with Gasteiger partial charge in [0.25, 0.3) is 0 Å². The van der Waals surface area contributed by atoms with Gasteiger partial charge in [-0.05, 0) is 30.2 Å². The number of hydrogen-bond donors (Lipinski definition) is 1. The van der Waals surface area contributed by atoms with E-state index in [1.807, 2.05) is 67.6 Å². The number of amides is 1. The van der Waals surface area contributed by atoms with Gasteiger partial charge in [-0.25, -0.2) is 8.42 Å².